The topological polar surface area (TPSA) is 32.3 Å². The van der Waals surface area contributed by atoms with Crippen LogP contribution in [0.1, 0.15) is 6.92 Å². The minimum Gasteiger partial charge on any atom is -0.374 e. The lowest BCUT2D eigenvalue weighted by Crippen LogP contribution is -2.27. The molecule has 1 amide bonds. The minimum atomic E-state index is -0.0106. The normalized spacial score (nSPS) is 18.5. The van der Waals surface area contributed by atoms with Crippen molar-refractivity contribution in [3.8, 4) is 0 Å². The number of carbonyl (C=O) groups is 1. The first-order chi connectivity index (χ1) is 8.11. The highest BCUT2D eigenvalue weighted by Gasteiger charge is 2.23. The van der Waals surface area contributed by atoms with Crippen molar-refractivity contribution in [1.29, 1.82) is 0 Å². The highest BCUT2D eigenvalue weighted by Crippen LogP contribution is 2.37. The summed E-state index contributed by atoms with van der Waals surface area (Å²) in [7, 11) is 2.03. The van der Waals surface area contributed by atoms with Crippen molar-refractivity contribution in [2.45, 2.75) is 17.1 Å². The van der Waals surface area contributed by atoms with E-state index in [0.29, 0.717) is 0 Å². The maximum absolute atomic E-state index is 11.6. The summed E-state index contributed by atoms with van der Waals surface area (Å²) in [6.45, 7) is 2.81. The van der Waals surface area contributed by atoms with Crippen molar-refractivity contribution in [3.05, 3.63) is 18.2 Å². The quantitative estimate of drug-likeness (QED) is 0.826. The highest BCUT2D eigenvalue weighted by molar-refractivity contribution is 8.00. The van der Waals surface area contributed by atoms with E-state index in [9.17, 15) is 4.79 Å². The molecule has 1 aromatic carbocycles. The molecule has 1 aliphatic heterocycles. The summed E-state index contributed by atoms with van der Waals surface area (Å²) in [6.07, 6.45) is 0. The molecule has 0 aliphatic carbocycles. The number of anilines is 2. The molecule has 1 unspecified atom stereocenters. The van der Waals surface area contributed by atoms with E-state index in [1.54, 1.807) is 11.8 Å². The number of nitrogens with one attached hydrogen (secondary N) is 1. The van der Waals surface area contributed by atoms with Crippen molar-refractivity contribution >= 4 is 41.7 Å². The van der Waals surface area contributed by atoms with E-state index in [4.69, 9.17) is 0 Å². The summed E-state index contributed by atoms with van der Waals surface area (Å²) in [5, 5.41) is 2.93. The highest BCUT2D eigenvalue weighted by atomic mass is 32.2. The molecule has 2 rings (SSSR count). The lowest BCUT2D eigenvalue weighted by Gasteiger charge is -2.24. The van der Waals surface area contributed by atoms with Gasteiger partial charge in [-0.3, -0.25) is 4.79 Å². The van der Waals surface area contributed by atoms with Gasteiger partial charge in [0, 0.05) is 29.9 Å². The number of rotatable bonds is 3. The van der Waals surface area contributed by atoms with Crippen LogP contribution in [0.25, 0.3) is 0 Å². The van der Waals surface area contributed by atoms with Gasteiger partial charge in [-0.15, -0.1) is 11.8 Å². The lowest BCUT2D eigenvalue weighted by atomic mass is 10.2. The van der Waals surface area contributed by atoms with Gasteiger partial charge in [-0.25, -0.2) is 0 Å². The van der Waals surface area contributed by atoms with E-state index in [-0.39, 0.29) is 11.2 Å². The van der Waals surface area contributed by atoms with Crippen LogP contribution in [0.5, 0.6) is 0 Å². The molecule has 0 saturated carbocycles. The molecule has 0 radical (unpaired) electrons. The second-order valence-corrected chi connectivity index (χ2v) is 5.90. The Morgan fingerprint density at radius 3 is 3.00 bits per heavy atom. The molecular weight excluding hydrogens is 252 g/mol. The Balaban J connectivity index is 2.25. The molecule has 3 nitrogen and oxygen atoms in total. The number of hydrogen-bond acceptors (Lipinski definition) is 4. The van der Waals surface area contributed by atoms with Crippen LogP contribution < -0.4 is 10.2 Å². The van der Waals surface area contributed by atoms with E-state index >= 15 is 0 Å². The maximum Gasteiger partial charge on any atom is 0.237 e. The van der Waals surface area contributed by atoms with Gasteiger partial charge < -0.3 is 10.2 Å². The smallest absolute Gasteiger partial charge is 0.237 e. The Hall–Kier alpha value is -0.810. The second kappa shape index (κ2) is 5.23. The number of fused-ring (bicyclic) bond motifs is 1. The van der Waals surface area contributed by atoms with Crippen molar-refractivity contribution in [2.24, 2.45) is 0 Å². The van der Waals surface area contributed by atoms with Crippen molar-refractivity contribution < 1.29 is 4.79 Å². The molecule has 0 aromatic heterocycles. The van der Waals surface area contributed by atoms with Crippen molar-refractivity contribution in [1.82, 2.24) is 0 Å². The van der Waals surface area contributed by atoms with Gasteiger partial charge in [-0.2, -0.15) is 12.6 Å². The fourth-order valence-electron chi connectivity index (χ4n) is 1.71. The van der Waals surface area contributed by atoms with Crippen LogP contribution >= 0.6 is 24.4 Å². The zero-order valence-electron chi connectivity index (χ0n) is 9.93. The molecule has 0 bridgehead atoms. The number of hydrogen-bond donors (Lipinski definition) is 2. The van der Waals surface area contributed by atoms with Gasteiger partial charge in [0.25, 0.3) is 0 Å². The van der Waals surface area contributed by atoms with Gasteiger partial charge in [0.05, 0.1) is 10.9 Å². The van der Waals surface area contributed by atoms with Crippen LogP contribution in [0, 0.1) is 0 Å². The first-order valence-corrected chi connectivity index (χ1v) is 7.06. The standard InChI is InChI=1S/C12H16N2OS2/c1-8-12(15)13-10-7-9(14(2)5-6-16)3-4-11(10)17-8/h3-4,7-8,16H,5-6H2,1-2H3,(H,13,15). The van der Waals surface area contributed by atoms with Crippen LogP contribution in [0.2, 0.25) is 0 Å². The predicted octanol–water partition coefficient (Wildman–Crippen LogP) is 2.49. The van der Waals surface area contributed by atoms with Crippen LogP contribution in [-0.4, -0.2) is 30.5 Å². The molecular formula is C12H16N2OS2. The SMILES string of the molecule is CC1Sc2ccc(N(C)CCS)cc2NC1=O. The monoisotopic (exact) mass is 268 g/mol. The molecule has 1 heterocycles. The van der Waals surface area contributed by atoms with Crippen LogP contribution in [0.4, 0.5) is 11.4 Å². The summed E-state index contributed by atoms with van der Waals surface area (Å²) in [5.74, 6) is 0.891. The maximum atomic E-state index is 11.6. The lowest BCUT2D eigenvalue weighted by molar-refractivity contribution is -0.115. The first-order valence-electron chi connectivity index (χ1n) is 5.55. The number of thiol groups is 1. The third-order valence-corrected chi connectivity index (χ3v) is 4.15. The zero-order chi connectivity index (χ0) is 12.4. The Morgan fingerprint density at radius 1 is 1.53 bits per heavy atom. The summed E-state index contributed by atoms with van der Waals surface area (Å²) in [5.41, 5.74) is 2.02. The molecule has 0 spiro atoms. The largest absolute Gasteiger partial charge is 0.374 e. The minimum absolute atomic E-state index is 0.0106. The van der Waals surface area contributed by atoms with E-state index in [0.717, 1.165) is 28.6 Å². The Kier molecular flexibility index (Phi) is 3.89. The molecule has 0 saturated heterocycles. The van der Waals surface area contributed by atoms with E-state index in [2.05, 4.69) is 35.0 Å². The van der Waals surface area contributed by atoms with Crippen LogP contribution in [0.3, 0.4) is 0 Å². The van der Waals surface area contributed by atoms with Crippen LogP contribution in [-0.2, 0) is 4.79 Å². The third kappa shape index (κ3) is 2.72. The van der Waals surface area contributed by atoms with Gasteiger partial charge in [0.15, 0.2) is 0 Å². The third-order valence-electron chi connectivity index (χ3n) is 2.77. The molecule has 1 aliphatic rings. The summed E-state index contributed by atoms with van der Waals surface area (Å²) < 4.78 is 0. The fraction of sp³-hybridized carbons (Fsp3) is 0.417. The van der Waals surface area contributed by atoms with Gasteiger partial charge in [-0.1, -0.05) is 0 Å². The summed E-state index contributed by atoms with van der Waals surface area (Å²) in [6, 6.07) is 6.18. The van der Waals surface area contributed by atoms with E-state index in [1.165, 1.54) is 0 Å². The molecule has 17 heavy (non-hydrogen) atoms. The number of carbonyl (C=O) groups excluding carboxylic acids is 1. The average molecular weight is 268 g/mol. The number of benzene rings is 1. The van der Waals surface area contributed by atoms with E-state index in [1.807, 2.05) is 20.0 Å². The predicted molar refractivity (Wildman–Crippen MR) is 77.5 cm³/mol. The number of nitrogens with zero attached hydrogens (tertiary/aromatic N) is 1. The zero-order valence-corrected chi connectivity index (χ0v) is 11.6. The molecule has 1 atom stereocenters. The van der Waals surface area contributed by atoms with Gasteiger partial charge in [-0.05, 0) is 25.1 Å². The van der Waals surface area contributed by atoms with Crippen molar-refractivity contribution in [3.63, 3.8) is 0 Å². The van der Waals surface area contributed by atoms with Crippen LogP contribution in [0.15, 0.2) is 23.1 Å². The molecule has 1 N–H and O–H groups in total. The van der Waals surface area contributed by atoms with E-state index < -0.39 is 0 Å². The fourth-order valence-corrected chi connectivity index (χ4v) is 2.94. The summed E-state index contributed by atoms with van der Waals surface area (Å²) >= 11 is 5.83. The summed E-state index contributed by atoms with van der Waals surface area (Å²) in [4.78, 5) is 14.9. The van der Waals surface area contributed by atoms with Gasteiger partial charge in [0.2, 0.25) is 5.91 Å². The Labute approximate surface area is 111 Å². The van der Waals surface area contributed by atoms with Gasteiger partial charge >= 0.3 is 0 Å². The molecule has 92 valence electrons. The number of amides is 1. The second-order valence-electron chi connectivity index (χ2n) is 4.07. The first kappa shape index (κ1) is 12.6. The van der Waals surface area contributed by atoms with Gasteiger partial charge in [0.1, 0.15) is 0 Å². The number of thioether (sulfide) groups is 1. The Morgan fingerprint density at radius 2 is 2.29 bits per heavy atom. The average Bonchev–Trinajstić information content (AvgIpc) is 2.30. The molecule has 0 fully saturated rings. The Bertz CT molecular complexity index is 437. The molecule has 1 aromatic rings. The van der Waals surface area contributed by atoms with Crippen molar-refractivity contribution in [2.75, 3.05) is 29.6 Å². The molecule has 5 heteroatoms.